The number of carbonyl (C=O) groups excluding carboxylic acids is 1. The average Bonchev–Trinajstić information content (AvgIpc) is 2.92. The summed E-state index contributed by atoms with van der Waals surface area (Å²) >= 11 is 1.29. The maximum absolute atomic E-state index is 12.2. The Morgan fingerprint density at radius 2 is 2.14 bits per heavy atom. The molecule has 0 bridgehead atoms. The summed E-state index contributed by atoms with van der Waals surface area (Å²) in [7, 11) is 0. The van der Waals surface area contributed by atoms with Crippen molar-refractivity contribution in [2.75, 3.05) is 0 Å². The first-order valence-electron chi connectivity index (χ1n) is 6.72. The minimum atomic E-state index is -0.886. The second-order valence-corrected chi connectivity index (χ2v) is 6.01. The molecule has 1 N–H and O–H groups in total. The van der Waals surface area contributed by atoms with Crippen molar-refractivity contribution in [3.05, 3.63) is 52.0 Å². The highest BCUT2D eigenvalue weighted by molar-refractivity contribution is 7.11. The van der Waals surface area contributed by atoms with Gasteiger partial charge >= 0.3 is 0 Å². The van der Waals surface area contributed by atoms with Gasteiger partial charge < -0.3 is 5.32 Å². The Kier molecular flexibility index (Phi) is 4.71. The number of rotatable bonds is 5. The summed E-state index contributed by atoms with van der Waals surface area (Å²) in [5.74, 6) is -0.230. The van der Waals surface area contributed by atoms with E-state index in [0.717, 1.165) is 12.0 Å². The van der Waals surface area contributed by atoms with E-state index < -0.39 is 5.54 Å². The van der Waals surface area contributed by atoms with Gasteiger partial charge in [0.05, 0.1) is 17.3 Å². The van der Waals surface area contributed by atoms with Crippen molar-refractivity contribution in [1.82, 2.24) is 10.3 Å². The molecule has 0 aliphatic rings. The molecular formula is C16H17N3OS. The standard InChI is InChI=1S/C16H17N3OS/c1-12-14(21-11-18-12)15(20)19-16(2,10-17)9-8-13-6-4-3-5-7-13/h3-7,11H,8-9H2,1-2H3,(H,19,20)/t16-/m1/s1. The topological polar surface area (TPSA) is 65.8 Å². The Hall–Kier alpha value is -2.19. The van der Waals surface area contributed by atoms with Crippen LogP contribution in [0.5, 0.6) is 0 Å². The number of amides is 1. The van der Waals surface area contributed by atoms with Crippen molar-refractivity contribution in [1.29, 1.82) is 5.26 Å². The molecule has 5 heteroatoms. The van der Waals surface area contributed by atoms with Crippen molar-refractivity contribution in [3.8, 4) is 6.07 Å². The van der Waals surface area contributed by atoms with E-state index in [1.807, 2.05) is 30.3 Å². The largest absolute Gasteiger partial charge is 0.333 e. The van der Waals surface area contributed by atoms with Gasteiger partial charge in [0, 0.05) is 0 Å². The minimum Gasteiger partial charge on any atom is -0.333 e. The van der Waals surface area contributed by atoms with Crippen molar-refractivity contribution in [2.24, 2.45) is 0 Å². The van der Waals surface area contributed by atoms with Gasteiger partial charge in [-0.25, -0.2) is 4.98 Å². The zero-order chi connectivity index (χ0) is 15.3. The zero-order valence-electron chi connectivity index (χ0n) is 12.1. The molecule has 0 radical (unpaired) electrons. The van der Waals surface area contributed by atoms with Gasteiger partial charge in [-0.2, -0.15) is 5.26 Å². The van der Waals surface area contributed by atoms with E-state index in [-0.39, 0.29) is 5.91 Å². The predicted octanol–water partition coefficient (Wildman–Crippen LogP) is 3.10. The molecule has 108 valence electrons. The molecule has 0 spiro atoms. The molecule has 1 aromatic carbocycles. The van der Waals surface area contributed by atoms with E-state index in [4.69, 9.17) is 0 Å². The lowest BCUT2D eigenvalue weighted by Gasteiger charge is -2.23. The molecule has 1 atom stereocenters. The van der Waals surface area contributed by atoms with E-state index in [1.54, 1.807) is 19.4 Å². The van der Waals surface area contributed by atoms with Crippen molar-refractivity contribution in [2.45, 2.75) is 32.2 Å². The molecule has 21 heavy (non-hydrogen) atoms. The third kappa shape index (κ3) is 3.89. The van der Waals surface area contributed by atoms with Gasteiger partial charge in [0.2, 0.25) is 0 Å². The summed E-state index contributed by atoms with van der Waals surface area (Å²) < 4.78 is 0. The third-order valence-corrected chi connectivity index (χ3v) is 4.27. The number of aryl methyl sites for hydroxylation is 2. The van der Waals surface area contributed by atoms with E-state index in [1.165, 1.54) is 11.3 Å². The fraction of sp³-hybridized carbons (Fsp3) is 0.312. The maximum Gasteiger partial charge on any atom is 0.264 e. The fourth-order valence-electron chi connectivity index (χ4n) is 2.01. The first-order valence-corrected chi connectivity index (χ1v) is 7.60. The number of nitrogens with zero attached hydrogens (tertiary/aromatic N) is 2. The summed E-state index contributed by atoms with van der Waals surface area (Å²) in [4.78, 5) is 16.8. The summed E-state index contributed by atoms with van der Waals surface area (Å²) in [5, 5.41) is 12.2. The lowest BCUT2D eigenvalue weighted by Crippen LogP contribution is -2.45. The highest BCUT2D eigenvalue weighted by Crippen LogP contribution is 2.17. The van der Waals surface area contributed by atoms with Crippen LogP contribution in [0.15, 0.2) is 35.8 Å². The summed E-state index contributed by atoms with van der Waals surface area (Å²) in [6.45, 7) is 3.54. The third-order valence-electron chi connectivity index (χ3n) is 3.34. The van der Waals surface area contributed by atoms with Gasteiger partial charge in [-0.05, 0) is 32.3 Å². The Bertz CT molecular complexity index is 660. The van der Waals surface area contributed by atoms with Crippen LogP contribution in [0.25, 0.3) is 0 Å². The maximum atomic E-state index is 12.2. The second-order valence-electron chi connectivity index (χ2n) is 5.15. The van der Waals surface area contributed by atoms with Gasteiger partial charge in [-0.15, -0.1) is 11.3 Å². The quantitative estimate of drug-likeness (QED) is 0.922. The average molecular weight is 299 g/mol. The Morgan fingerprint density at radius 1 is 1.43 bits per heavy atom. The fourth-order valence-corrected chi connectivity index (χ4v) is 2.71. The van der Waals surface area contributed by atoms with Crippen LogP contribution in [0.2, 0.25) is 0 Å². The lowest BCUT2D eigenvalue weighted by molar-refractivity contribution is 0.0925. The molecule has 2 aromatic rings. The van der Waals surface area contributed by atoms with E-state index in [2.05, 4.69) is 16.4 Å². The Balaban J connectivity index is 2.03. The Morgan fingerprint density at radius 3 is 2.71 bits per heavy atom. The van der Waals surface area contributed by atoms with Crippen molar-refractivity contribution in [3.63, 3.8) is 0 Å². The SMILES string of the molecule is Cc1ncsc1C(=O)N[C@@](C)(C#N)CCc1ccccc1. The van der Waals surface area contributed by atoms with Crippen LogP contribution in [0, 0.1) is 18.3 Å². The summed E-state index contributed by atoms with van der Waals surface area (Å²) in [5.41, 5.74) is 2.60. The van der Waals surface area contributed by atoms with Crippen LogP contribution in [0.1, 0.15) is 34.3 Å². The number of carbonyl (C=O) groups is 1. The first kappa shape index (κ1) is 15.2. The number of nitriles is 1. The molecule has 0 fully saturated rings. The zero-order valence-corrected chi connectivity index (χ0v) is 12.9. The molecule has 0 saturated carbocycles. The van der Waals surface area contributed by atoms with Crippen LogP contribution in [-0.2, 0) is 6.42 Å². The Labute approximate surface area is 128 Å². The van der Waals surface area contributed by atoms with Crippen LogP contribution in [0.4, 0.5) is 0 Å². The summed E-state index contributed by atoms with van der Waals surface area (Å²) in [6, 6.07) is 12.2. The normalized spacial score (nSPS) is 13.2. The van der Waals surface area contributed by atoms with Gasteiger partial charge in [0.1, 0.15) is 10.4 Å². The van der Waals surface area contributed by atoms with E-state index in [9.17, 15) is 10.1 Å². The predicted molar refractivity (Wildman–Crippen MR) is 83.1 cm³/mol. The number of hydrogen-bond acceptors (Lipinski definition) is 4. The number of thiazole rings is 1. The van der Waals surface area contributed by atoms with Gasteiger partial charge in [-0.1, -0.05) is 30.3 Å². The van der Waals surface area contributed by atoms with E-state index >= 15 is 0 Å². The van der Waals surface area contributed by atoms with E-state index in [0.29, 0.717) is 17.0 Å². The molecule has 0 unspecified atom stereocenters. The van der Waals surface area contributed by atoms with Crippen molar-refractivity contribution >= 4 is 17.2 Å². The second kappa shape index (κ2) is 6.51. The highest BCUT2D eigenvalue weighted by atomic mass is 32.1. The monoisotopic (exact) mass is 299 g/mol. The number of nitrogens with one attached hydrogen (secondary N) is 1. The molecule has 4 nitrogen and oxygen atoms in total. The molecule has 2 rings (SSSR count). The molecular weight excluding hydrogens is 282 g/mol. The number of aromatic nitrogens is 1. The van der Waals surface area contributed by atoms with Crippen LogP contribution in [0.3, 0.4) is 0 Å². The van der Waals surface area contributed by atoms with Gasteiger partial charge in [0.25, 0.3) is 5.91 Å². The molecule has 1 heterocycles. The van der Waals surface area contributed by atoms with Gasteiger partial charge in [-0.3, -0.25) is 4.79 Å². The molecule has 0 aliphatic heterocycles. The number of benzene rings is 1. The lowest BCUT2D eigenvalue weighted by atomic mass is 9.94. The first-order chi connectivity index (χ1) is 10.0. The molecule has 0 saturated heterocycles. The molecule has 1 aromatic heterocycles. The highest BCUT2D eigenvalue weighted by Gasteiger charge is 2.27. The van der Waals surface area contributed by atoms with Crippen LogP contribution in [-0.4, -0.2) is 16.4 Å². The smallest absolute Gasteiger partial charge is 0.264 e. The van der Waals surface area contributed by atoms with Crippen molar-refractivity contribution < 1.29 is 4.79 Å². The van der Waals surface area contributed by atoms with Gasteiger partial charge in [0.15, 0.2) is 0 Å². The minimum absolute atomic E-state index is 0.230. The van der Waals surface area contributed by atoms with Crippen LogP contribution >= 0.6 is 11.3 Å². The van der Waals surface area contributed by atoms with Crippen LogP contribution < -0.4 is 5.32 Å². The molecule has 1 amide bonds. The molecule has 0 aliphatic carbocycles. The summed E-state index contributed by atoms with van der Waals surface area (Å²) in [6.07, 6.45) is 1.31. The number of hydrogen-bond donors (Lipinski definition) is 1.